The highest BCUT2D eigenvalue weighted by molar-refractivity contribution is 4.84. The van der Waals surface area contributed by atoms with E-state index < -0.39 is 0 Å². The third kappa shape index (κ3) is 11.1. The van der Waals surface area contributed by atoms with Gasteiger partial charge in [0.2, 0.25) is 0 Å². The van der Waals surface area contributed by atoms with Crippen molar-refractivity contribution < 1.29 is 0 Å². The highest BCUT2D eigenvalue weighted by atomic mass is 15.0. The minimum atomic E-state index is 1.88. The van der Waals surface area contributed by atoms with Gasteiger partial charge in [0.05, 0.1) is 0 Å². The summed E-state index contributed by atoms with van der Waals surface area (Å²) in [5.74, 6) is 0. The second kappa shape index (κ2) is 5.38. The molecule has 9 heavy (non-hydrogen) atoms. The molecule has 0 aromatic carbocycles. The lowest BCUT2D eigenvalue weighted by Gasteiger charge is -1.90. The Hall–Kier alpha value is -0.760. The molecule has 0 atom stereocenters. The summed E-state index contributed by atoms with van der Waals surface area (Å²) < 4.78 is 0. The Bertz CT molecular complexity index is 90.5. The van der Waals surface area contributed by atoms with Gasteiger partial charge in [-0.25, -0.2) is 0 Å². The largest absolute Gasteiger partial charge is 0.368 e. The van der Waals surface area contributed by atoms with Crippen LogP contribution in [0.3, 0.4) is 0 Å². The zero-order valence-electron chi connectivity index (χ0n) is 6.26. The zero-order chi connectivity index (χ0) is 7.11. The van der Waals surface area contributed by atoms with Crippen LogP contribution in [0.2, 0.25) is 0 Å². The molecule has 52 valence electrons. The fourth-order valence-corrected chi connectivity index (χ4v) is 0.278. The van der Waals surface area contributed by atoms with Gasteiger partial charge in [-0.1, -0.05) is 0 Å². The van der Waals surface area contributed by atoms with Crippen LogP contribution in [0, 0.1) is 0 Å². The van der Waals surface area contributed by atoms with Crippen molar-refractivity contribution in [2.45, 2.75) is 0 Å². The maximum Gasteiger partial charge on any atom is 0.000496 e. The van der Waals surface area contributed by atoms with Crippen molar-refractivity contribution >= 4 is 0 Å². The maximum atomic E-state index is 2.86. The molecular weight excluding hydrogens is 112 g/mol. The van der Waals surface area contributed by atoms with Crippen molar-refractivity contribution in [2.24, 2.45) is 0 Å². The van der Waals surface area contributed by atoms with E-state index in [0.29, 0.717) is 0 Å². The van der Waals surface area contributed by atoms with Crippen LogP contribution < -0.4 is 0 Å². The molecule has 1 heterocycles. The van der Waals surface area contributed by atoms with Crippen molar-refractivity contribution in [3.05, 3.63) is 24.5 Å². The third-order valence-electron chi connectivity index (χ3n) is 0.496. The van der Waals surface area contributed by atoms with Gasteiger partial charge in [0.25, 0.3) is 0 Å². The predicted molar refractivity (Wildman–Crippen MR) is 40.4 cm³/mol. The molecule has 0 saturated heterocycles. The molecule has 1 rings (SSSR count). The lowest BCUT2D eigenvalue weighted by Crippen LogP contribution is -1.99. The molecule has 0 radical (unpaired) electrons. The topological polar surface area (TPSA) is 19.0 Å². The van der Waals surface area contributed by atoms with E-state index in [1.165, 1.54) is 0 Å². The van der Waals surface area contributed by atoms with E-state index in [2.05, 4.69) is 4.98 Å². The second-order valence-electron chi connectivity index (χ2n) is 2.23. The first-order valence-corrected chi connectivity index (χ1v) is 2.92. The molecule has 0 aliphatic heterocycles. The molecule has 1 aromatic heterocycles. The van der Waals surface area contributed by atoms with Gasteiger partial charge < -0.3 is 9.88 Å². The predicted octanol–water partition coefficient (Wildman–Crippen LogP) is 1.19. The van der Waals surface area contributed by atoms with E-state index in [9.17, 15) is 0 Å². The number of nitrogens with zero attached hydrogens (tertiary/aromatic N) is 1. The molecule has 1 aromatic rings. The summed E-state index contributed by atoms with van der Waals surface area (Å²) in [5.41, 5.74) is 0. The molecule has 1 N–H and O–H groups in total. The van der Waals surface area contributed by atoms with E-state index in [4.69, 9.17) is 0 Å². The molecule has 0 aliphatic rings. The fourth-order valence-electron chi connectivity index (χ4n) is 0.278. The third-order valence-corrected chi connectivity index (χ3v) is 0.496. The molecular formula is C7H14N2. The molecule has 0 bridgehead atoms. The Balaban J connectivity index is 0.000000148. The number of hydrogen-bond donors (Lipinski definition) is 1. The first-order valence-electron chi connectivity index (χ1n) is 2.92. The molecule has 0 saturated carbocycles. The van der Waals surface area contributed by atoms with Gasteiger partial charge >= 0.3 is 0 Å². The normalized spacial score (nSPS) is 8.44. The van der Waals surface area contributed by atoms with Gasteiger partial charge in [0.15, 0.2) is 0 Å². The monoisotopic (exact) mass is 126 g/mol. The average Bonchev–Trinajstić information content (AvgIpc) is 2.11. The van der Waals surface area contributed by atoms with Crippen LogP contribution in [0.5, 0.6) is 0 Å². The highest BCUT2D eigenvalue weighted by Crippen LogP contribution is 1.72. The minimum Gasteiger partial charge on any atom is -0.368 e. The first-order chi connectivity index (χ1) is 4.23. The van der Waals surface area contributed by atoms with E-state index in [1.54, 1.807) is 0 Å². The van der Waals surface area contributed by atoms with Crippen molar-refractivity contribution in [3.8, 4) is 0 Å². The molecule has 0 amide bonds. The molecule has 2 heteroatoms. The Labute approximate surface area is 56.5 Å². The number of hydrogen-bond acceptors (Lipinski definition) is 1. The van der Waals surface area contributed by atoms with Gasteiger partial charge in [-0.05, 0) is 33.3 Å². The van der Waals surface area contributed by atoms with Crippen molar-refractivity contribution in [1.82, 2.24) is 9.88 Å². The standard InChI is InChI=1S/C4H5N.C3H9N/c1-2-4-5-3-1;1-4(2)3/h1-5H;1-3H3. The minimum absolute atomic E-state index is 1.88. The number of nitrogens with one attached hydrogen (secondary N) is 1. The molecule has 0 unspecified atom stereocenters. The van der Waals surface area contributed by atoms with Gasteiger partial charge in [0, 0.05) is 12.4 Å². The van der Waals surface area contributed by atoms with Gasteiger partial charge in [-0.3, -0.25) is 0 Å². The van der Waals surface area contributed by atoms with E-state index in [0.717, 1.165) is 0 Å². The number of H-pyrrole nitrogens is 1. The summed E-state index contributed by atoms with van der Waals surface area (Å²) in [5, 5.41) is 0. The molecule has 0 aliphatic carbocycles. The van der Waals surface area contributed by atoms with Crippen LogP contribution in [-0.2, 0) is 0 Å². The summed E-state index contributed by atoms with van der Waals surface area (Å²) in [4.78, 5) is 4.86. The summed E-state index contributed by atoms with van der Waals surface area (Å²) in [6, 6.07) is 3.89. The Morgan fingerprint density at radius 1 is 1.00 bits per heavy atom. The zero-order valence-corrected chi connectivity index (χ0v) is 6.26. The second-order valence-corrected chi connectivity index (χ2v) is 2.23. The van der Waals surface area contributed by atoms with E-state index in [1.807, 2.05) is 50.6 Å². The van der Waals surface area contributed by atoms with Crippen LogP contribution in [-0.4, -0.2) is 31.0 Å². The summed E-state index contributed by atoms with van der Waals surface area (Å²) in [7, 11) is 6.00. The van der Waals surface area contributed by atoms with Crippen LogP contribution in [0.15, 0.2) is 24.5 Å². The van der Waals surface area contributed by atoms with E-state index >= 15 is 0 Å². The van der Waals surface area contributed by atoms with Crippen molar-refractivity contribution in [1.29, 1.82) is 0 Å². The molecule has 2 nitrogen and oxygen atoms in total. The molecule has 0 fully saturated rings. The Morgan fingerprint density at radius 2 is 1.33 bits per heavy atom. The highest BCUT2D eigenvalue weighted by Gasteiger charge is 1.58. The first kappa shape index (κ1) is 8.24. The quantitative estimate of drug-likeness (QED) is 0.553. The van der Waals surface area contributed by atoms with Crippen LogP contribution in [0.1, 0.15) is 0 Å². The van der Waals surface area contributed by atoms with E-state index in [-0.39, 0.29) is 0 Å². The average molecular weight is 126 g/mol. The van der Waals surface area contributed by atoms with Crippen molar-refractivity contribution in [2.75, 3.05) is 21.1 Å². The Morgan fingerprint density at radius 3 is 1.44 bits per heavy atom. The van der Waals surface area contributed by atoms with Crippen LogP contribution in [0.4, 0.5) is 0 Å². The van der Waals surface area contributed by atoms with Crippen molar-refractivity contribution in [3.63, 3.8) is 0 Å². The summed E-state index contributed by atoms with van der Waals surface area (Å²) in [6.07, 6.45) is 3.75. The molecule has 0 spiro atoms. The Kier molecular flexibility index (Phi) is 4.92. The van der Waals surface area contributed by atoms with Crippen LogP contribution >= 0.6 is 0 Å². The number of aromatic nitrogens is 1. The summed E-state index contributed by atoms with van der Waals surface area (Å²) >= 11 is 0. The SMILES string of the molecule is CN(C)C.c1cc[nH]c1. The number of rotatable bonds is 0. The van der Waals surface area contributed by atoms with Gasteiger partial charge in [-0.2, -0.15) is 0 Å². The fraction of sp³-hybridized carbons (Fsp3) is 0.429. The smallest absolute Gasteiger partial charge is 0.000496 e. The summed E-state index contributed by atoms with van der Waals surface area (Å²) in [6.45, 7) is 0. The van der Waals surface area contributed by atoms with Gasteiger partial charge in [-0.15, -0.1) is 0 Å². The van der Waals surface area contributed by atoms with Crippen LogP contribution in [0.25, 0.3) is 0 Å². The lowest BCUT2D eigenvalue weighted by molar-refractivity contribution is 0.505. The number of aromatic amines is 1. The lowest BCUT2D eigenvalue weighted by atomic mass is 10.7. The van der Waals surface area contributed by atoms with Gasteiger partial charge in [0.1, 0.15) is 0 Å². The maximum absolute atomic E-state index is 2.86.